The van der Waals surface area contributed by atoms with Crippen molar-refractivity contribution in [2.24, 2.45) is 0 Å². The molecule has 1 aromatic carbocycles. The molecule has 3 nitrogen and oxygen atoms in total. The van der Waals surface area contributed by atoms with E-state index in [1.54, 1.807) is 13.2 Å². The van der Waals surface area contributed by atoms with Crippen LogP contribution in [0.1, 0.15) is 37.4 Å². The van der Waals surface area contributed by atoms with Gasteiger partial charge in [-0.3, -0.25) is 0 Å². The molecule has 0 fully saturated rings. The number of allylic oxidation sites excluding steroid dienone is 2. The Morgan fingerprint density at radius 1 is 1.11 bits per heavy atom. The zero-order valence-corrected chi connectivity index (χ0v) is 16.0. The van der Waals surface area contributed by atoms with E-state index >= 15 is 0 Å². The lowest BCUT2D eigenvalue weighted by atomic mass is 9.91. The lowest BCUT2D eigenvalue weighted by molar-refractivity contribution is 0.0141. The van der Waals surface area contributed by atoms with Gasteiger partial charge in [0.05, 0.1) is 25.0 Å². The number of ether oxygens (including phenoxy) is 2. The zero-order valence-electron chi connectivity index (χ0n) is 16.0. The number of hydrogen-bond donors (Lipinski definition) is 0. The smallest absolute Gasteiger partial charge is 0.149 e. The third-order valence-corrected chi connectivity index (χ3v) is 4.74. The first-order chi connectivity index (χ1) is 13.2. The van der Waals surface area contributed by atoms with Gasteiger partial charge in [-0.2, -0.15) is 0 Å². The molecule has 1 heterocycles. The Morgan fingerprint density at radius 2 is 1.89 bits per heavy atom. The summed E-state index contributed by atoms with van der Waals surface area (Å²) in [6, 6.07) is 11.2. The highest BCUT2D eigenvalue weighted by molar-refractivity contribution is 5.70. The van der Waals surface area contributed by atoms with Crippen molar-refractivity contribution in [3.05, 3.63) is 65.6 Å². The van der Waals surface area contributed by atoms with Crippen LogP contribution in [-0.2, 0) is 9.47 Å². The molecule has 1 aliphatic rings. The largest absolute Gasteiger partial charge is 0.382 e. The Balaban J connectivity index is 1.70. The molecule has 1 atom stereocenters. The summed E-state index contributed by atoms with van der Waals surface area (Å²) in [5, 5.41) is 0. The summed E-state index contributed by atoms with van der Waals surface area (Å²) in [5.74, 6) is -0.302. The summed E-state index contributed by atoms with van der Waals surface area (Å²) in [7, 11) is 1.68. The van der Waals surface area contributed by atoms with Gasteiger partial charge in [-0.1, -0.05) is 36.4 Å². The minimum atomic E-state index is -0.302. The van der Waals surface area contributed by atoms with Crippen LogP contribution in [0.2, 0.25) is 0 Å². The molecule has 0 spiro atoms. The van der Waals surface area contributed by atoms with Crippen LogP contribution < -0.4 is 0 Å². The fourth-order valence-corrected chi connectivity index (χ4v) is 3.29. The Hall–Kier alpha value is -2.30. The first-order valence-corrected chi connectivity index (χ1v) is 9.41. The van der Waals surface area contributed by atoms with E-state index in [4.69, 9.17) is 9.47 Å². The number of methoxy groups -OCH3 is 1. The fourth-order valence-electron chi connectivity index (χ4n) is 3.29. The lowest BCUT2D eigenvalue weighted by Crippen LogP contribution is -2.18. The zero-order chi connectivity index (χ0) is 19.1. The van der Waals surface area contributed by atoms with Crippen molar-refractivity contribution in [3.63, 3.8) is 0 Å². The minimum Gasteiger partial charge on any atom is -0.382 e. The molecular weight excluding hydrogens is 341 g/mol. The lowest BCUT2D eigenvalue weighted by Gasteiger charge is -2.22. The number of nitrogens with zero attached hydrogens (tertiary/aromatic N) is 1. The molecule has 4 heteroatoms. The summed E-state index contributed by atoms with van der Waals surface area (Å²) in [5.41, 5.74) is 4.44. The standard InChI is InChI=1S/C23H26FNO2/c1-3-4-20-11-14-22(24)23(25-20)19-7-5-17(6-8-19)18-9-12-21(13-10-18)27-16-15-26-2/h3-9,11,14,21H,10,12-13,15-16H2,1-2H3/b4-3+. The van der Waals surface area contributed by atoms with Crippen molar-refractivity contribution in [1.29, 1.82) is 0 Å². The van der Waals surface area contributed by atoms with Crippen LogP contribution in [0.4, 0.5) is 4.39 Å². The van der Waals surface area contributed by atoms with Crippen molar-refractivity contribution >= 4 is 11.6 Å². The van der Waals surface area contributed by atoms with E-state index in [-0.39, 0.29) is 11.9 Å². The molecule has 27 heavy (non-hydrogen) atoms. The quantitative estimate of drug-likeness (QED) is 0.604. The van der Waals surface area contributed by atoms with Gasteiger partial charge in [-0.15, -0.1) is 0 Å². The summed E-state index contributed by atoms with van der Waals surface area (Å²) < 4.78 is 25.0. The number of rotatable bonds is 7. The average molecular weight is 367 g/mol. The van der Waals surface area contributed by atoms with Crippen molar-refractivity contribution < 1.29 is 13.9 Å². The van der Waals surface area contributed by atoms with Gasteiger partial charge in [0.2, 0.25) is 0 Å². The van der Waals surface area contributed by atoms with Gasteiger partial charge in [-0.05, 0) is 55.5 Å². The number of halogens is 1. The molecule has 142 valence electrons. The van der Waals surface area contributed by atoms with Gasteiger partial charge in [-0.25, -0.2) is 9.37 Å². The van der Waals surface area contributed by atoms with Gasteiger partial charge in [0, 0.05) is 12.7 Å². The second kappa shape index (κ2) is 9.58. The second-order valence-electron chi connectivity index (χ2n) is 6.63. The average Bonchev–Trinajstić information content (AvgIpc) is 2.71. The van der Waals surface area contributed by atoms with Crippen molar-refractivity contribution in [2.75, 3.05) is 20.3 Å². The summed E-state index contributed by atoms with van der Waals surface area (Å²) >= 11 is 0. The molecule has 1 aliphatic carbocycles. The topological polar surface area (TPSA) is 31.4 Å². The normalized spacial score (nSPS) is 17.3. The number of aromatic nitrogens is 1. The second-order valence-corrected chi connectivity index (χ2v) is 6.63. The molecule has 3 rings (SSSR count). The number of pyridine rings is 1. The summed E-state index contributed by atoms with van der Waals surface area (Å²) in [4.78, 5) is 4.42. The predicted molar refractivity (Wildman–Crippen MR) is 108 cm³/mol. The van der Waals surface area contributed by atoms with E-state index in [9.17, 15) is 4.39 Å². The molecular formula is C23H26FNO2. The van der Waals surface area contributed by atoms with Crippen molar-refractivity contribution in [3.8, 4) is 11.3 Å². The molecule has 0 radical (unpaired) electrons. The van der Waals surface area contributed by atoms with Crippen LogP contribution in [0.25, 0.3) is 22.9 Å². The third kappa shape index (κ3) is 5.12. The Labute approximate surface area is 160 Å². The van der Waals surface area contributed by atoms with Gasteiger partial charge >= 0.3 is 0 Å². The summed E-state index contributed by atoms with van der Waals surface area (Å²) in [6.07, 6.45) is 9.21. The van der Waals surface area contributed by atoms with Crippen LogP contribution in [0, 0.1) is 5.82 Å². The third-order valence-electron chi connectivity index (χ3n) is 4.74. The van der Waals surface area contributed by atoms with E-state index in [1.165, 1.54) is 17.2 Å². The highest BCUT2D eigenvalue weighted by atomic mass is 19.1. The van der Waals surface area contributed by atoms with E-state index in [0.29, 0.717) is 18.9 Å². The maximum atomic E-state index is 14.2. The van der Waals surface area contributed by atoms with E-state index < -0.39 is 0 Å². The molecule has 0 saturated carbocycles. The molecule has 0 saturated heterocycles. The molecule has 1 aromatic heterocycles. The molecule has 0 aliphatic heterocycles. The van der Waals surface area contributed by atoms with Gasteiger partial charge in [0.15, 0.2) is 0 Å². The maximum absolute atomic E-state index is 14.2. The van der Waals surface area contributed by atoms with Crippen LogP contribution in [-0.4, -0.2) is 31.4 Å². The highest BCUT2D eigenvalue weighted by Gasteiger charge is 2.16. The minimum absolute atomic E-state index is 0.274. The Bertz CT molecular complexity index is 812. The van der Waals surface area contributed by atoms with E-state index in [0.717, 1.165) is 30.5 Å². The first kappa shape index (κ1) is 19.5. The maximum Gasteiger partial charge on any atom is 0.149 e. The van der Waals surface area contributed by atoms with Gasteiger partial charge in [0.1, 0.15) is 11.5 Å². The van der Waals surface area contributed by atoms with Crippen molar-refractivity contribution in [2.45, 2.75) is 32.3 Å². The van der Waals surface area contributed by atoms with E-state index in [1.807, 2.05) is 31.2 Å². The van der Waals surface area contributed by atoms with Gasteiger partial charge in [0.25, 0.3) is 0 Å². The van der Waals surface area contributed by atoms with Crippen LogP contribution >= 0.6 is 0 Å². The fraction of sp³-hybridized carbons (Fsp3) is 0.348. The van der Waals surface area contributed by atoms with Crippen LogP contribution in [0.3, 0.4) is 0 Å². The van der Waals surface area contributed by atoms with Crippen LogP contribution in [0.15, 0.2) is 48.6 Å². The predicted octanol–water partition coefficient (Wildman–Crippen LogP) is 5.52. The number of benzene rings is 1. The summed E-state index contributed by atoms with van der Waals surface area (Å²) in [6.45, 7) is 3.20. The number of hydrogen-bond acceptors (Lipinski definition) is 3. The molecule has 2 aromatic rings. The van der Waals surface area contributed by atoms with E-state index in [2.05, 4.69) is 23.2 Å². The SMILES string of the molecule is C/C=C/c1ccc(F)c(-c2ccc(C3=CCC(OCCOC)CC3)cc2)n1. The Kier molecular flexibility index (Phi) is 6.91. The first-order valence-electron chi connectivity index (χ1n) is 9.41. The molecule has 0 N–H and O–H groups in total. The monoisotopic (exact) mass is 367 g/mol. The van der Waals surface area contributed by atoms with Crippen molar-refractivity contribution in [1.82, 2.24) is 4.98 Å². The van der Waals surface area contributed by atoms with Crippen LogP contribution in [0.5, 0.6) is 0 Å². The van der Waals surface area contributed by atoms with Gasteiger partial charge < -0.3 is 9.47 Å². The molecule has 0 bridgehead atoms. The molecule has 1 unspecified atom stereocenters. The highest BCUT2D eigenvalue weighted by Crippen LogP contribution is 2.30. The molecule has 0 amide bonds. The Morgan fingerprint density at radius 3 is 2.56 bits per heavy atom.